The fraction of sp³-hybridized carbons (Fsp3) is 0.733. The highest BCUT2D eigenvalue weighted by Crippen LogP contribution is 2.03. The van der Waals surface area contributed by atoms with E-state index in [2.05, 4.69) is 23.5 Å². The summed E-state index contributed by atoms with van der Waals surface area (Å²) in [5.41, 5.74) is 0.727. The molecule has 0 aliphatic carbocycles. The largest absolute Gasteiger partial charge is 0.460 e. The number of hydrogen-bond acceptors (Lipinski definition) is 17. The zero-order valence-corrected chi connectivity index (χ0v) is 32.8. The minimum Gasteiger partial charge on any atom is -0.460 e. The summed E-state index contributed by atoms with van der Waals surface area (Å²) in [6.45, 7) is 17.0. The summed E-state index contributed by atoms with van der Waals surface area (Å²) in [5.74, 6) is -0.843. The summed E-state index contributed by atoms with van der Waals surface area (Å²) >= 11 is 0. The lowest BCUT2D eigenvalue weighted by atomic mass is 10.4. The molecule has 0 saturated carbocycles. The van der Waals surface area contributed by atoms with Crippen molar-refractivity contribution in [2.75, 3.05) is 120 Å². The second kappa shape index (κ2) is 34.6. The number of aliphatic hydroxyl groups excluding tert-OH is 1. The molecule has 2 N–H and O–H groups in total. The molecule has 50 heavy (non-hydrogen) atoms. The van der Waals surface area contributed by atoms with Crippen molar-refractivity contribution in [3.63, 3.8) is 0 Å². The van der Waals surface area contributed by atoms with Gasteiger partial charge in [0.1, 0.15) is 19.8 Å². The molecule has 0 unspecified atom stereocenters. The SMILES string of the molecule is C=C(C)C(=O)OCCOCCOCCO.C=C(C)C(=O)OCCOCCOCCOC(=O)NC[Si](C)(OC)OC.CO[Si](C)(CN=C=O)OC. The number of aliphatic imine (C=N–C) groups is 1. The van der Waals surface area contributed by atoms with Gasteiger partial charge in [0.15, 0.2) is 0 Å². The Morgan fingerprint density at radius 1 is 0.640 bits per heavy atom. The van der Waals surface area contributed by atoms with Crippen LogP contribution in [-0.4, -0.2) is 166 Å². The van der Waals surface area contributed by atoms with Crippen LogP contribution >= 0.6 is 0 Å². The van der Waals surface area contributed by atoms with Crippen molar-refractivity contribution >= 4 is 41.2 Å². The number of hydrogen-bond donors (Lipinski definition) is 2. The van der Waals surface area contributed by atoms with E-state index in [9.17, 15) is 19.2 Å². The van der Waals surface area contributed by atoms with Gasteiger partial charge in [-0.1, -0.05) is 13.2 Å². The van der Waals surface area contributed by atoms with Crippen molar-refractivity contribution in [2.45, 2.75) is 26.9 Å². The molecule has 0 saturated heterocycles. The number of carbonyl (C=O) groups excluding carboxylic acids is 4. The van der Waals surface area contributed by atoms with Crippen LogP contribution in [0.3, 0.4) is 0 Å². The van der Waals surface area contributed by atoms with Gasteiger partial charge < -0.3 is 61.3 Å². The van der Waals surface area contributed by atoms with Gasteiger partial charge in [-0.15, -0.1) is 0 Å². The van der Waals surface area contributed by atoms with Crippen LogP contribution in [0.5, 0.6) is 0 Å². The van der Waals surface area contributed by atoms with Crippen LogP contribution < -0.4 is 5.32 Å². The standard InChI is InChI=1S/C15H29NO8Si.C10H18O5.C5H11NO3Si/c1-13(2)14(17)23-10-8-21-6-7-22-9-11-24-15(18)16-12-25(5,19-3)20-4;1-9(2)10(12)15-8-7-14-6-5-13-4-3-11;1-8-10(3,9-2)5-6-4-7/h1,6-12H2,2-5H3,(H,16,18);11H,1,3-8H2,2H3;5H2,1-3H3. The Morgan fingerprint density at radius 2 is 1.00 bits per heavy atom. The first kappa shape index (κ1) is 51.5. The maximum absolute atomic E-state index is 11.5. The van der Waals surface area contributed by atoms with E-state index in [1.807, 2.05) is 13.1 Å². The van der Waals surface area contributed by atoms with Gasteiger partial charge in [-0.2, -0.15) is 0 Å². The Labute approximate surface area is 297 Å². The Balaban J connectivity index is -0.000000745. The smallest absolute Gasteiger partial charge is 0.407 e. The molecule has 0 radical (unpaired) electrons. The Morgan fingerprint density at radius 3 is 1.34 bits per heavy atom. The predicted octanol–water partition coefficient (Wildman–Crippen LogP) is 1.13. The van der Waals surface area contributed by atoms with Crippen LogP contribution in [0.2, 0.25) is 13.1 Å². The van der Waals surface area contributed by atoms with Gasteiger partial charge in [-0.25, -0.2) is 24.2 Å². The van der Waals surface area contributed by atoms with Crippen molar-refractivity contribution in [3.8, 4) is 0 Å². The summed E-state index contributed by atoms with van der Waals surface area (Å²) in [6.07, 6.45) is 1.50. The summed E-state index contributed by atoms with van der Waals surface area (Å²) in [7, 11) is 1.70. The molecule has 0 aromatic heterocycles. The quantitative estimate of drug-likeness (QED) is 0.0228. The fourth-order valence-electron chi connectivity index (χ4n) is 2.43. The van der Waals surface area contributed by atoms with Crippen LogP contribution in [0.4, 0.5) is 4.79 Å². The molecule has 0 rings (SSSR count). The lowest BCUT2D eigenvalue weighted by molar-refractivity contribution is -0.141. The third-order valence-electron chi connectivity index (χ3n) is 5.77. The average Bonchev–Trinajstić information content (AvgIpc) is 3.11. The number of aliphatic hydroxyl groups is 1. The number of amides is 1. The summed E-state index contributed by atoms with van der Waals surface area (Å²) < 4.78 is 55.6. The van der Waals surface area contributed by atoms with E-state index in [1.54, 1.807) is 42.3 Å². The number of nitrogens with zero attached hydrogens (tertiary/aromatic N) is 1. The average molecular weight is 759 g/mol. The maximum atomic E-state index is 11.5. The van der Waals surface area contributed by atoms with E-state index in [-0.39, 0.29) is 39.6 Å². The molecule has 20 heteroatoms. The van der Waals surface area contributed by atoms with Gasteiger partial charge in [0.25, 0.3) is 0 Å². The van der Waals surface area contributed by atoms with Crippen molar-refractivity contribution in [3.05, 3.63) is 24.3 Å². The molecule has 0 aliphatic heterocycles. The molecule has 0 bridgehead atoms. The molecule has 292 valence electrons. The van der Waals surface area contributed by atoms with Gasteiger partial charge in [0.2, 0.25) is 6.08 Å². The van der Waals surface area contributed by atoms with Gasteiger partial charge >= 0.3 is 35.2 Å². The molecule has 0 spiro atoms. The molecule has 0 heterocycles. The second-order valence-corrected chi connectivity index (χ2v) is 16.8. The van der Waals surface area contributed by atoms with Gasteiger partial charge in [0, 0.05) is 39.6 Å². The molecular weight excluding hydrogens is 701 g/mol. The van der Waals surface area contributed by atoms with Crippen molar-refractivity contribution in [2.24, 2.45) is 4.99 Å². The summed E-state index contributed by atoms with van der Waals surface area (Å²) in [6, 6.07) is 0. The molecule has 0 aromatic rings. The van der Waals surface area contributed by atoms with Gasteiger partial charge in [0.05, 0.1) is 71.8 Å². The number of isocyanates is 1. The lowest BCUT2D eigenvalue weighted by Crippen LogP contribution is -2.48. The first-order valence-electron chi connectivity index (χ1n) is 15.4. The third-order valence-corrected chi connectivity index (χ3v) is 10.8. The van der Waals surface area contributed by atoms with E-state index < -0.39 is 35.2 Å². The monoisotopic (exact) mass is 758 g/mol. The normalized spacial score (nSPS) is 10.7. The summed E-state index contributed by atoms with van der Waals surface area (Å²) in [5, 5.41) is 11.0. The molecule has 0 fully saturated rings. The van der Waals surface area contributed by atoms with Crippen LogP contribution in [0, 0.1) is 0 Å². The van der Waals surface area contributed by atoms with Crippen molar-refractivity contribution in [1.29, 1.82) is 0 Å². The van der Waals surface area contributed by atoms with Crippen LogP contribution in [0.25, 0.3) is 0 Å². The number of alkyl carbamates (subject to hydrolysis) is 1. The Kier molecular flexibility index (Phi) is 35.6. The zero-order valence-electron chi connectivity index (χ0n) is 30.8. The minimum absolute atomic E-state index is 0.0101. The maximum Gasteiger partial charge on any atom is 0.407 e. The third kappa shape index (κ3) is 33.6. The Hall–Kier alpha value is -2.86. The van der Waals surface area contributed by atoms with E-state index in [1.165, 1.54) is 6.08 Å². The highest BCUT2D eigenvalue weighted by atomic mass is 28.4. The van der Waals surface area contributed by atoms with E-state index in [4.69, 9.17) is 56.0 Å². The zero-order chi connectivity index (χ0) is 38.7. The first-order chi connectivity index (χ1) is 23.7. The number of nitrogens with one attached hydrogen (secondary N) is 1. The van der Waals surface area contributed by atoms with Crippen LogP contribution in [-0.2, 0) is 65.2 Å². The minimum atomic E-state index is -2.35. The number of rotatable bonds is 27. The number of ether oxygens (including phenoxy) is 7. The number of carbonyl (C=O) groups is 3. The van der Waals surface area contributed by atoms with Crippen LogP contribution in [0.15, 0.2) is 29.3 Å². The molecule has 0 atom stereocenters. The van der Waals surface area contributed by atoms with Crippen molar-refractivity contribution in [1.82, 2.24) is 5.32 Å². The van der Waals surface area contributed by atoms with Crippen LogP contribution in [0.1, 0.15) is 13.8 Å². The van der Waals surface area contributed by atoms with E-state index in [0.29, 0.717) is 63.1 Å². The molecule has 0 aliphatic rings. The fourth-order valence-corrected chi connectivity index (χ4v) is 4.13. The summed E-state index contributed by atoms with van der Waals surface area (Å²) in [4.78, 5) is 46.5. The highest BCUT2D eigenvalue weighted by molar-refractivity contribution is 6.66. The number of esters is 2. The molecule has 0 aromatic carbocycles. The Bertz CT molecular complexity index is 975. The molecule has 18 nitrogen and oxygen atoms in total. The van der Waals surface area contributed by atoms with Crippen molar-refractivity contribution < 1.29 is 75.1 Å². The van der Waals surface area contributed by atoms with Gasteiger partial charge in [-0.05, 0) is 26.9 Å². The second-order valence-electron chi connectivity index (χ2n) is 9.99. The van der Waals surface area contributed by atoms with E-state index >= 15 is 0 Å². The molecule has 1 amide bonds. The predicted molar refractivity (Wildman–Crippen MR) is 186 cm³/mol. The first-order valence-corrected chi connectivity index (χ1v) is 20.5. The topological polar surface area (TPSA) is 214 Å². The lowest BCUT2D eigenvalue weighted by Gasteiger charge is -2.22. The molecular formula is C30H58N2O16Si2. The van der Waals surface area contributed by atoms with Gasteiger partial charge in [-0.3, -0.25) is 0 Å². The highest BCUT2D eigenvalue weighted by Gasteiger charge is 2.29. The van der Waals surface area contributed by atoms with E-state index in [0.717, 1.165) is 0 Å².